The molecule has 0 saturated carbocycles. The van der Waals surface area contributed by atoms with E-state index in [1.807, 2.05) is 0 Å². The maximum Gasteiger partial charge on any atom is 0.336 e. The Balaban J connectivity index is 1.87. The molecule has 1 aromatic rings. The summed E-state index contributed by atoms with van der Waals surface area (Å²) in [5.41, 5.74) is 5.96. The van der Waals surface area contributed by atoms with E-state index in [-0.39, 0.29) is 0 Å². The van der Waals surface area contributed by atoms with Gasteiger partial charge in [0, 0.05) is 17.9 Å². The van der Waals surface area contributed by atoms with Crippen molar-refractivity contribution in [3.63, 3.8) is 0 Å². The molecule has 118 valence electrons. The number of hydrogen-bond donors (Lipinski definition) is 2. The van der Waals surface area contributed by atoms with Crippen LogP contribution in [-0.4, -0.2) is 36.6 Å². The SMILES string of the molecule is C[C@H](OC(=O)[C@@H]1CCCO1)C(=O)Nc1ccc(C(N)=O)cc1. The highest BCUT2D eigenvalue weighted by Gasteiger charge is 2.28. The molecule has 0 bridgehead atoms. The van der Waals surface area contributed by atoms with Crippen molar-refractivity contribution in [3.05, 3.63) is 29.8 Å². The number of benzene rings is 1. The molecular formula is C15H18N2O5. The minimum Gasteiger partial charge on any atom is -0.451 e. The van der Waals surface area contributed by atoms with E-state index in [4.69, 9.17) is 15.2 Å². The van der Waals surface area contributed by atoms with Crippen molar-refractivity contribution < 1.29 is 23.9 Å². The van der Waals surface area contributed by atoms with Gasteiger partial charge in [-0.3, -0.25) is 9.59 Å². The number of carbonyl (C=O) groups is 3. The molecule has 2 atom stereocenters. The number of amides is 2. The van der Waals surface area contributed by atoms with Gasteiger partial charge in [-0.2, -0.15) is 0 Å². The van der Waals surface area contributed by atoms with Gasteiger partial charge >= 0.3 is 5.97 Å². The Morgan fingerprint density at radius 2 is 2.00 bits per heavy atom. The third kappa shape index (κ3) is 4.05. The topological polar surface area (TPSA) is 108 Å². The molecule has 0 radical (unpaired) electrons. The number of nitrogens with two attached hydrogens (primary N) is 1. The van der Waals surface area contributed by atoms with E-state index in [1.54, 1.807) is 12.1 Å². The second-order valence-corrected chi connectivity index (χ2v) is 5.01. The molecule has 7 heteroatoms. The molecule has 0 spiro atoms. The molecule has 1 saturated heterocycles. The number of rotatable bonds is 5. The molecule has 1 aliphatic rings. The molecule has 7 nitrogen and oxygen atoms in total. The molecule has 0 unspecified atom stereocenters. The molecule has 1 fully saturated rings. The molecule has 3 N–H and O–H groups in total. The number of nitrogens with one attached hydrogen (secondary N) is 1. The lowest BCUT2D eigenvalue weighted by Gasteiger charge is -2.16. The molecule has 2 rings (SSSR count). The Labute approximate surface area is 127 Å². The van der Waals surface area contributed by atoms with Crippen LogP contribution in [0.4, 0.5) is 5.69 Å². The zero-order valence-corrected chi connectivity index (χ0v) is 12.2. The van der Waals surface area contributed by atoms with Crippen molar-refractivity contribution in [3.8, 4) is 0 Å². The van der Waals surface area contributed by atoms with Crippen molar-refractivity contribution in [1.82, 2.24) is 0 Å². The van der Waals surface area contributed by atoms with Gasteiger partial charge in [-0.25, -0.2) is 4.79 Å². The zero-order chi connectivity index (χ0) is 16.1. The second-order valence-electron chi connectivity index (χ2n) is 5.01. The van der Waals surface area contributed by atoms with E-state index in [2.05, 4.69) is 5.32 Å². The summed E-state index contributed by atoms with van der Waals surface area (Å²) in [5.74, 6) is -1.53. The van der Waals surface area contributed by atoms with Crippen LogP contribution in [0.5, 0.6) is 0 Å². The van der Waals surface area contributed by atoms with Gasteiger partial charge in [-0.05, 0) is 44.0 Å². The van der Waals surface area contributed by atoms with Crippen LogP contribution in [0.15, 0.2) is 24.3 Å². The predicted molar refractivity (Wildman–Crippen MR) is 78.1 cm³/mol. The summed E-state index contributed by atoms with van der Waals surface area (Å²) >= 11 is 0. The first-order chi connectivity index (χ1) is 10.5. The van der Waals surface area contributed by atoms with Crippen molar-refractivity contribution in [2.24, 2.45) is 5.73 Å². The van der Waals surface area contributed by atoms with Crippen molar-refractivity contribution in [1.29, 1.82) is 0 Å². The van der Waals surface area contributed by atoms with Gasteiger partial charge in [0.25, 0.3) is 5.91 Å². The summed E-state index contributed by atoms with van der Waals surface area (Å²) in [6.07, 6.45) is -0.0912. The maximum absolute atomic E-state index is 12.0. The number of esters is 1. The number of carbonyl (C=O) groups excluding carboxylic acids is 3. The van der Waals surface area contributed by atoms with Gasteiger partial charge in [-0.15, -0.1) is 0 Å². The number of primary amides is 1. The van der Waals surface area contributed by atoms with Crippen LogP contribution in [0.25, 0.3) is 0 Å². The van der Waals surface area contributed by atoms with E-state index in [9.17, 15) is 14.4 Å². The molecule has 1 aliphatic heterocycles. The number of ether oxygens (including phenoxy) is 2. The monoisotopic (exact) mass is 306 g/mol. The Bertz CT molecular complexity index is 564. The van der Waals surface area contributed by atoms with Crippen molar-refractivity contribution in [2.45, 2.75) is 32.0 Å². The normalized spacial score (nSPS) is 18.5. The molecule has 0 aromatic heterocycles. The quantitative estimate of drug-likeness (QED) is 0.784. The van der Waals surface area contributed by atoms with Crippen LogP contribution in [0, 0.1) is 0 Å². The average Bonchev–Trinajstić information content (AvgIpc) is 3.02. The van der Waals surface area contributed by atoms with Crippen molar-refractivity contribution >= 4 is 23.5 Å². The lowest BCUT2D eigenvalue weighted by Crippen LogP contribution is -2.34. The highest BCUT2D eigenvalue weighted by molar-refractivity contribution is 5.96. The lowest BCUT2D eigenvalue weighted by molar-refractivity contribution is -0.162. The van der Waals surface area contributed by atoms with Gasteiger partial charge in [0.1, 0.15) is 0 Å². The lowest BCUT2D eigenvalue weighted by atomic mass is 10.2. The fourth-order valence-electron chi connectivity index (χ4n) is 2.03. The van der Waals surface area contributed by atoms with Crippen LogP contribution >= 0.6 is 0 Å². The summed E-state index contributed by atoms with van der Waals surface area (Å²) in [7, 11) is 0. The predicted octanol–water partition coefficient (Wildman–Crippen LogP) is 0.835. The summed E-state index contributed by atoms with van der Waals surface area (Å²) in [6.45, 7) is 2.02. The molecule has 1 aromatic carbocycles. The third-order valence-corrected chi connectivity index (χ3v) is 3.29. The van der Waals surface area contributed by atoms with E-state index in [0.717, 1.165) is 6.42 Å². The van der Waals surface area contributed by atoms with E-state index < -0.39 is 30.0 Å². The standard InChI is InChI=1S/C15H18N2O5/c1-9(22-15(20)12-3-2-8-21-12)14(19)17-11-6-4-10(5-7-11)13(16)18/h4-7,9,12H,2-3,8H2,1H3,(H2,16,18)(H,17,19)/t9-,12-/m0/s1. The first kappa shape index (κ1) is 16.0. The van der Waals surface area contributed by atoms with Crippen LogP contribution in [0.2, 0.25) is 0 Å². The molecule has 22 heavy (non-hydrogen) atoms. The van der Waals surface area contributed by atoms with Gasteiger partial charge in [-0.1, -0.05) is 0 Å². The van der Waals surface area contributed by atoms with E-state index in [1.165, 1.54) is 19.1 Å². The highest BCUT2D eigenvalue weighted by Crippen LogP contribution is 2.15. The molecule has 1 heterocycles. The Kier molecular flexibility index (Phi) is 5.11. The van der Waals surface area contributed by atoms with E-state index >= 15 is 0 Å². The van der Waals surface area contributed by atoms with Crippen LogP contribution in [0.1, 0.15) is 30.1 Å². The second kappa shape index (κ2) is 7.04. The number of hydrogen-bond acceptors (Lipinski definition) is 5. The molecule has 2 amide bonds. The van der Waals surface area contributed by atoms with Crippen molar-refractivity contribution in [2.75, 3.05) is 11.9 Å². The maximum atomic E-state index is 12.0. The first-order valence-electron chi connectivity index (χ1n) is 7.00. The van der Waals surface area contributed by atoms with Gasteiger partial charge in [0.15, 0.2) is 12.2 Å². The van der Waals surface area contributed by atoms with Crippen LogP contribution in [-0.2, 0) is 19.1 Å². The molecular weight excluding hydrogens is 288 g/mol. The van der Waals surface area contributed by atoms with Gasteiger partial charge < -0.3 is 20.5 Å². The number of anilines is 1. The smallest absolute Gasteiger partial charge is 0.336 e. The summed E-state index contributed by atoms with van der Waals surface area (Å²) in [4.78, 5) is 34.7. The summed E-state index contributed by atoms with van der Waals surface area (Å²) in [6, 6.07) is 6.10. The Hall–Kier alpha value is -2.41. The van der Waals surface area contributed by atoms with Crippen LogP contribution in [0.3, 0.4) is 0 Å². The fraction of sp³-hybridized carbons (Fsp3) is 0.400. The Morgan fingerprint density at radius 3 is 2.55 bits per heavy atom. The zero-order valence-electron chi connectivity index (χ0n) is 12.2. The van der Waals surface area contributed by atoms with E-state index in [0.29, 0.717) is 24.3 Å². The molecule has 0 aliphatic carbocycles. The summed E-state index contributed by atoms with van der Waals surface area (Å²) < 4.78 is 10.3. The first-order valence-corrected chi connectivity index (χ1v) is 7.00. The third-order valence-electron chi connectivity index (χ3n) is 3.29. The minimum absolute atomic E-state index is 0.343. The van der Waals surface area contributed by atoms with Gasteiger partial charge in [0.05, 0.1) is 0 Å². The van der Waals surface area contributed by atoms with Gasteiger partial charge in [0.2, 0.25) is 5.91 Å². The minimum atomic E-state index is -0.937. The summed E-state index contributed by atoms with van der Waals surface area (Å²) in [5, 5.41) is 2.59. The largest absolute Gasteiger partial charge is 0.451 e. The van der Waals surface area contributed by atoms with Crippen LogP contribution < -0.4 is 11.1 Å². The Morgan fingerprint density at radius 1 is 1.32 bits per heavy atom. The highest BCUT2D eigenvalue weighted by atomic mass is 16.6. The fourth-order valence-corrected chi connectivity index (χ4v) is 2.03. The average molecular weight is 306 g/mol.